The maximum absolute atomic E-state index is 13.9. The highest BCUT2D eigenvalue weighted by molar-refractivity contribution is 6.33. The van der Waals surface area contributed by atoms with E-state index in [0.717, 1.165) is 5.56 Å². The number of H-pyrrole nitrogens is 1. The number of aromatic nitrogens is 1. The van der Waals surface area contributed by atoms with Gasteiger partial charge in [0, 0.05) is 38.6 Å². The summed E-state index contributed by atoms with van der Waals surface area (Å²) in [6.07, 6.45) is 3.89. The zero-order valence-electron chi connectivity index (χ0n) is 13.0. The van der Waals surface area contributed by atoms with Gasteiger partial charge in [-0.1, -0.05) is 17.7 Å². The van der Waals surface area contributed by atoms with Gasteiger partial charge in [0.25, 0.3) is 5.91 Å². The predicted molar refractivity (Wildman–Crippen MR) is 88.4 cm³/mol. The molecule has 5 nitrogen and oxygen atoms in total. The number of halogens is 2. The molecule has 0 spiro atoms. The second-order valence-corrected chi connectivity index (χ2v) is 6.07. The number of amides is 2. The van der Waals surface area contributed by atoms with E-state index in [1.807, 2.05) is 6.07 Å². The van der Waals surface area contributed by atoms with Gasteiger partial charge in [-0.05, 0) is 23.8 Å². The van der Waals surface area contributed by atoms with E-state index in [0.29, 0.717) is 32.6 Å². The van der Waals surface area contributed by atoms with Crippen molar-refractivity contribution in [3.05, 3.63) is 58.6 Å². The molecule has 0 atom stereocenters. The van der Waals surface area contributed by atoms with Crippen LogP contribution in [0.3, 0.4) is 0 Å². The Bertz CT molecular complexity index is 720. The highest BCUT2D eigenvalue weighted by Crippen LogP contribution is 2.21. The Kier molecular flexibility index (Phi) is 4.85. The molecule has 0 saturated carbocycles. The Morgan fingerprint density at radius 1 is 1.12 bits per heavy atom. The number of hydrogen-bond donors (Lipinski definition) is 1. The second kappa shape index (κ2) is 7.05. The monoisotopic (exact) mass is 349 g/mol. The standard InChI is InChI=1S/C17H17ClFN3O2/c18-13-2-1-3-14(19)16(13)17(24)22-8-6-21(7-9-22)15(23)10-12-4-5-20-11-12/h1-5,11,20H,6-10H2. The lowest BCUT2D eigenvalue weighted by Gasteiger charge is -2.35. The number of aromatic amines is 1. The van der Waals surface area contributed by atoms with Crippen LogP contribution in [0.5, 0.6) is 0 Å². The fourth-order valence-corrected chi connectivity index (χ4v) is 3.02. The first-order valence-corrected chi connectivity index (χ1v) is 8.07. The third kappa shape index (κ3) is 3.43. The van der Waals surface area contributed by atoms with E-state index in [1.54, 1.807) is 17.3 Å². The van der Waals surface area contributed by atoms with E-state index in [9.17, 15) is 14.0 Å². The van der Waals surface area contributed by atoms with Crippen LogP contribution in [-0.2, 0) is 11.2 Å². The number of carbonyl (C=O) groups is 2. The summed E-state index contributed by atoms with van der Waals surface area (Å²) < 4.78 is 13.9. The fourth-order valence-electron chi connectivity index (χ4n) is 2.77. The Labute approximate surface area is 144 Å². The van der Waals surface area contributed by atoms with Crippen molar-refractivity contribution in [1.29, 1.82) is 0 Å². The van der Waals surface area contributed by atoms with E-state index in [4.69, 9.17) is 11.6 Å². The Morgan fingerprint density at radius 3 is 2.46 bits per heavy atom. The van der Waals surface area contributed by atoms with Crippen LogP contribution >= 0.6 is 11.6 Å². The average Bonchev–Trinajstić information content (AvgIpc) is 3.07. The topological polar surface area (TPSA) is 56.4 Å². The lowest BCUT2D eigenvalue weighted by molar-refractivity contribution is -0.131. The number of nitrogens with zero attached hydrogens (tertiary/aromatic N) is 2. The van der Waals surface area contributed by atoms with Crippen LogP contribution in [-0.4, -0.2) is 52.8 Å². The van der Waals surface area contributed by atoms with Gasteiger partial charge in [0.15, 0.2) is 0 Å². The smallest absolute Gasteiger partial charge is 0.258 e. The molecular formula is C17H17ClFN3O2. The number of rotatable bonds is 3. The number of hydrogen-bond acceptors (Lipinski definition) is 2. The lowest BCUT2D eigenvalue weighted by atomic mass is 10.1. The molecule has 1 aliphatic heterocycles. The molecule has 1 fully saturated rings. The highest BCUT2D eigenvalue weighted by atomic mass is 35.5. The van der Waals surface area contributed by atoms with Gasteiger partial charge in [-0.25, -0.2) is 4.39 Å². The molecule has 1 N–H and O–H groups in total. The third-order valence-corrected chi connectivity index (χ3v) is 4.43. The molecule has 7 heteroatoms. The number of piperazine rings is 1. The Balaban J connectivity index is 1.60. The van der Waals surface area contributed by atoms with Crippen LogP contribution in [0.2, 0.25) is 5.02 Å². The van der Waals surface area contributed by atoms with Crippen molar-refractivity contribution < 1.29 is 14.0 Å². The van der Waals surface area contributed by atoms with Crippen molar-refractivity contribution in [3.8, 4) is 0 Å². The molecular weight excluding hydrogens is 333 g/mol. The van der Waals surface area contributed by atoms with Crippen LogP contribution in [0.1, 0.15) is 15.9 Å². The number of benzene rings is 1. The number of carbonyl (C=O) groups excluding carboxylic acids is 2. The average molecular weight is 350 g/mol. The SMILES string of the molecule is O=C(Cc1cc[nH]c1)N1CCN(C(=O)c2c(F)cccc2Cl)CC1. The first-order chi connectivity index (χ1) is 11.6. The minimum absolute atomic E-state index is 0.0191. The molecule has 2 amide bonds. The summed E-state index contributed by atoms with van der Waals surface area (Å²) in [6.45, 7) is 1.59. The maximum atomic E-state index is 13.9. The molecule has 2 aromatic rings. The highest BCUT2D eigenvalue weighted by Gasteiger charge is 2.27. The number of nitrogens with one attached hydrogen (secondary N) is 1. The van der Waals surface area contributed by atoms with Crippen molar-refractivity contribution >= 4 is 23.4 Å². The van der Waals surface area contributed by atoms with Gasteiger partial charge in [0.05, 0.1) is 17.0 Å². The molecule has 1 aliphatic rings. The first kappa shape index (κ1) is 16.5. The zero-order valence-corrected chi connectivity index (χ0v) is 13.7. The van der Waals surface area contributed by atoms with Gasteiger partial charge >= 0.3 is 0 Å². The predicted octanol–water partition coefficient (Wildman–Crippen LogP) is 2.33. The third-order valence-electron chi connectivity index (χ3n) is 4.11. The molecule has 0 bridgehead atoms. The molecule has 0 aliphatic carbocycles. The molecule has 0 unspecified atom stereocenters. The van der Waals surface area contributed by atoms with E-state index in [2.05, 4.69) is 4.98 Å². The van der Waals surface area contributed by atoms with Gasteiger partial charge in [0.1, 0.15) is 5.82 Å². The summed E-state index contributed by atoms with van der Waals surface area (Å²) in [5.41, 5.74) is 0.822. The minimum atomic E-state index is -0.626. The summed E-state index contributed by atoms with van der Waals surface area (Å²) in [7, 11) is 0. The molecule has 2 heterocycles. The van der Waals surface area contributed by atoms with Gasteiger partial charge in [-0.15, -0.1) is 0 Å². The molecule has 1 saturated heterocycles. The molecule has 126 valence electrons. The van der Waals surface area contributed by atoms with Crippen molar-refractivity contribution in [2.24, 2.45) is 0 Å². The summed E-state index contributed by atoms with van der Waals surface area (Å²) in [6, 6.07) is 6.04. The summed E-state index contributed by atoms with van der Waals surface area (Å²) in [4.78, 5) is 30.9. The van der Waals surface area contributed by atoms with Crippen LogP contribution in [0.4, 0.5) is 4.39 Å². The van der Waals surface area contributed by atoms with E-state index in [-0.39, 0.29) is 16.5 Å². The van der Waals surface area contributed by atoms with Gasteiger partial charge in [-0.2, -0.15) is 0 Å². The van der Waals surface area contributed by atoms with Crippen molar-refractivity contribution in [2.45, 2.75) is 6.42 Å². The van der Waals surface area contributed by atoms with Gasteiger partial charge in [0.2, 0.25) is 5.91 Å². The largest absolute Gasteiger partial charge is 0.367 e. The van der Waals surface area contributed by atoms with Gasteiger partial charge in [-0.3, -0.25) is 9.59 Å². The van der Waals surface area contributed by atoms with E-state index < -0.39 is 11.7 Å². The van der Waals surface area contributed by atoms with E-state index in [1.165, 1.54) is 23.1 Å². The summed E-state index contributed by atoms with van der Waals surface area (Å²) >= 11 is 5.95. The fraction of sp³-hybridized carbons (Fsp3) is 0.294. The lowest BCUT2D eigenvalue weighted by Crippen LogP contribution is -2.51. The van der Waals surface area contributed by atoms with Crippen LogP contribution in [0.25, 0.3) is 0 Å². The maximum Gasteiger partial charge on any atom is 0.258 e. The summed E-state index contributed by atoms with van der Waals surface area (Å²) in [5.74, 6) is -1.04. The quantitative estimate of drug-likeness (QED) is 0.924. The van der Waals surface area contributed by atoms with Crippen molar-refractivity contribution in [3.63, 3.8) is 0 Å². The first-order valence-electron chi connectivity index (χ1n) is 7.69. The molecule has 24 heavy (non-hydrogen) atoms. The summed E-state index contributed by atoms with van der Waals surface area (Å²) in [5, 5.41) is 0.103. The van der Waals surface area contributed by atoms with E-state index >= 15 is 0 Å². The normalized spacial score (nSPS) is 14.8. The molecule has 0 radical (unpaired) electrons. The van der Waals surface area contributed by atoms with Crippen LogP contribution < -0.4 is 0 Å². The van der Waals surface area contributed by atoms with Crippen LogP contribution in [0, 0.1) is 5.82 Å². The minimum Gasteiger partial charge on any atom is -0.367 e. The Morgan fingerprint density at radius 2 is 1.83 bits per heavy atom. The molecule has 1 aromatic heterocycles. The molecule has 3 rings (SSSR count). The molecule has 1 aromatic carbocycles. The Hall–Kier alpha value is -2.34. The van der Waals surface area contributed by atoms with Crippen LogP contribution in [0.15, 0.2) is 36.7 Å². The van der Waals surface area contributed by atoms with Crippen molar-refractivity contribution in [1.82, 2.24) is 14.8 Å². The van der Waals surface area contributed by atoms with Crippen molar-refractivity contribution in [2.75, 3.05) is 26.2 Å². The second-order valence-electron chi connectivity index (χ2n) is 5.67. The van der Waals surface area contributed by atoms with Gasteiger partial charge < -0.3 is 14.8 Å². The zero-order chi connectivity index (χ0) is 17.1.